The maximum Gasteiger partial charge on any atom is 0.339 e. The second kappa shape index (κ2) is 4.29. The van der Waals surface area contributed by atoms with Crippen molar-refractivity contribution < 1.29 is 22.7 Å². The number of hydrogen-bond donors (Lipinski definition) is 0. The fourth-order valence-corrected chi connectivity index (χ4v) is 1.07. The van der Waals surface area contributed by atoms with Crippen molar-refractivity contribution in [1.29, 1.82) is 0 Å². The van der Waals surface area contributed by atoms with E-state index < -0.39 is 23.9 Å². The lowest BCUT2D eigenvalue weighted by molar-refractivity contribution is 0.0597. The Labute approximate surface area is 83.9 Å². The molecule has 0 aliphatic carbocycles. The predicted octanol–water partition coefficient (Wildman–Crippen LogP) is 2.25. The Kier molecular flexibility index (Phi) is 3.28. The van der Waals surface area contributed by atoms with Crippen molar-refractivity contribution in [3.63, 3.8) is 0 Å². The maximum absolute atomic E-state index is 13.3. The van der Waals surface area contributed by atoms with E-state index in [9.17, 15) is 18.0 Å². The first-order chi connectivity index (χ1) is 6.99. The highest BCUT2D eigenvalue weighted by Gasteiger charge is 2.21. The van der Waals surface area contributed by atoms with Crippen molar-refractivity contribution >= 4 is 5.97 Å². The zero-order valence-electron chi connectivity index (χ0n) is 8.05. The van der Waals surface area contributed by atoms with Crippen molar-refractivity contribution in [2.75, 3.05) is 7.11 Å². The summed E-state index contributed by atoms with van der Waals surface area (Å²) in [6.07, 6.45) is -2.12. The minimum atomic E-state index is -3.00. The van der Waals surface area contributed by atoms with Crippen molar-refractivity contribution in [1.82, 2.24) is 4.98 Å². The molecule has 1 rings (SSSR count). The average molecular weight is 219 g/mol. The van der Waals surface area contributed by atoms with Crippen LogP contribution in [0.1, 0.15) is 28.0 Å². The third-order valence-corrected chi connectivity index (χ3v) is 1.90. The Bertz CT molecular complexity index is 393. The number of carbonyl (C=O) groups excluding carboxylic acids is 1. The van der Waals surface area contributed by atoms with Crippen molar-refractivity contribution in [2.24, 2.45) is 0 Å². The third kappa shape index (κ3) is 2.08. The number of alkyl halides is 2. The monoisotopic (exact) mass is 219 g/mol. The average Bonchev–Trinajstić information content (AvgIpc) is 2.20. The van der Waals surface area contributed by atoms with Gasteiger partial charge in [-0.05, 0) is 6.92 Å². The molecule has 1 aromatic heterocycles. The molecule has 0 aliphatic heterocycles. The quantitative estimate of drug-likeness (QED) is 0.716. The van der Waals surface area contributed by atoms with Crippen molar-refractivity contribution in [3.05, 3.63) is 28.8 Å². The second-order valence-corrected chi connectivity index (χ2v) is 2.79. The molecule has 0 bridgehead atoms. The molecule has 3 nitrogen and oxygen atoms in total. The molecule has 0 N–H and O–H groups in total. The van der Waals surface area contributed by atoms with Crippen LogP contribution < -0.4 is 0 Å². The van der Waals surface area contributed by atoms with Gasteiger partial charge < -0.3 is 4.74 Å². The number of pyridine rings is 1. The summed E-state index contributed by atoms with van der Waals surface area (Å²) in [5.41, 5.74) is -1.30. The largest absolute Gasteiger partial charge is 0.465 e. The summed E-state index contributed by atoms with van der Waals surface area (Å²) in [7, 11) is 1.11. The first kappa shape index (κ1) is 11.5. The van der Waals surface area contributed by atoms with Gasteiger partial charge in [0, 0.05) is 11.8 Å². The van der Waals surface area contributed by atoms with E-state index >= 15 is 0 Å². The number of nitrogens with zero attached hydrogens (tertiary/aromatic N) is 1. The van der Waals surface area contributed by atoms with Gasteiger partial charge in [0.15, 0.2) is 5.82 Å². The summed E-state index contributed by atoms with van der Waals surface area (Å²) in [6, 6.07) is 0. The van der Waals surface area contributed by atoms with E-state index in [1.807, 2.05) is 0 Å². The fourth-order valence-electron chi connectivity index (χ4n) is 1.07. The first-order valence-corrected chi connectivity index (χ1v) is 4.00. The van der Waals surface area contributed by atoms with Gasteiger partial charge in [0.2, 0.25) is 0 Å². The molecule has 6 heteroatoms. The highest BCUT2D eigenvalue weighted by atomic mass is 19.3. The molecule has 0 aromatic carbocycles. The molecule has 15 heavy (non-hydrogen) atoms. The van der Waals surface area contributed by atoms with E-state index in [-0.39, 0.29) is 11.1 Å². The zero-order chi connectivity index (χ0) is 11.6. The molecule has 1 aromatic rings. The number of esters is 1. The van der Waals surface area contributed by atoms with Crippen LogP contribution in [-0.4, -0.2) is 18.1 Å². The van der Waals surface area contributed by atoms with Crippen LogP contribution in [0.2, 0.25) is 0 Å². The highest BCUT2D eigenvalue weighted by Crippen LogP contribution is 2.23. The molecule has 0 fully saturated rings. The lowest BCUT2D eigenvalue weighted by Gasteiger charge is -2.07. The van der Waals surface area contributed by atoms with Crippen LogP contribution in [0.4, 0.5) is 13.2 Å². The smallest absolute Gasteiger partial charge is 0.339 e. The second-order valence-electron chi connectivity index (χ2n) is 2.79. The zero-order valence-corrected chi connectivity index (χ0v) is 8.05. The van der Waals surface area contributed by atoms with E-state index in [0.717, 1.165) is 13.3 Å². The maximum atomic E-state index is 13.3. The number of methoxy groups -OCH3 is 1. The Morgan fingerprint density at radius 2 is 2.13 bits per heavy atom. The van der Waals surface area contributed by atoms with Gasteiger partial charge in [-0.3, -0.25) is 4.98 Å². The van der Waals surface area contributed by atoms with Crippen LogP contribution >= 0.6 is 0 Å². The van der Waals surface area contributed by atoms with Gasteiger partial charge in [0.05, 0.1) is 12.7 Å². The van der Waals surface area contributed by atoms with E-state index in [2.05, 4.69) is 9.72 Å². The van der Waals surface area contributed by atoms with Gasteiger partial charge in [-0.1, -0.05) is 0 Å². The van der Waals surface area contributed by atoms with Gasteiger partial charge in [0.25, 0.3) is 6.43 Å². The van der Waals surface area contributed by atoms with Crippen LogP contribution in [0.5, 0.6) is 0 Å². The number of rotatable bonds is 2. The number of halogens is 3. The summed E-state index contributed by atoms with van der Waals surface area (Å²) >= 11 is 0. The Morgan fingerprint density at radius 1 is 1.53 bits per heavy atom. The van der Waals surface area contributed by atoms with Gasteiger partial charge in [-0.2, -0.15) is 0 Å². The molecule has 0 saturated carbocycles. The standard InChI is InChI=1S/C9H8F3NO2/c1-4-5(9(14)15-2)3-13-7(6(4)10)8(11)12/h3,8H,1-2H3. The minimum Gasteiger partial charge on any atom is -0.465 e. The molecular weight excluding hydrogens is 211 g/mol. The van der Waals surface area contributed by atoms with Gasteiger partial charge >= 0.3 is 5.97 Å². The van der Waals surface area contributed by atoms with Crippen LogP contribution in [0.15, 0.2) is 6.20 Å². The summed E-state index contributed by atoms with van der Waals surface area (Å²) in [5.74, 6) is -1.98. The Morgan fingerprint density at radius 3 is 2.60 bits per heavy atom. The van der Waals surface area contributed by atoms with Crippen molar-refractivity contribution in [3.8, 4) is 0 Å². The van der Waals surface area contributed by atoms with Gasteiger partial charge in [-0.15, -0.1) is 0 Å². The van der Waals surface area contributed by atoms with E-state index in [1.54, 1.807) is 0 Å². The minimum absolute atomic E-state index is 0.153. The molecule has 82 valence electrons. The fraction of sp³-hybridized carbons (Fsp3) is 0.333. The van der Waals surface area contributed by atoms with Crippen LogP contribution in [-0.2, 0) is 4.74 Å². The first-order valence-electron chi connectivity index (χ1n) is 4.00. The SMILES string of the molecule is COC(=O)c1cnc(C(F)F)c(F)c1C. The molecule has 0 radical (unpaired) electrons. The molecule has 0 aliphatic rings. The van der Waals surface area contributed by atoms with Crippen LogP contribution in [0, 0.1) is 12.7 Å². The van der Waals surface area contributed by atoms with Gasteiger partial charge in [-0.25, -0.2) is 18.0 Å². The summed E-state index contributed by atoms with van der Waals surface area (Å²) in [6.45, 7) is 1.22. The highest BCUT2D eigenvalue weighted by molar-refractivity contribution is 5.90. The molecule has 0 amide bonds. The van der Waals surface area contributed by atoms with E-state index in [4.69, 9.17) is 0 Å². The molecule has 0 saturated heterocycles. The lowest BCUT2D eigenvalue weighted by atomic mass is 10.1. The predicted molar refractivity (Wildman–Crippen MR) is 45.2 cm³/mol. The van der Waals surface area contributed by atoms with Crippen LogP contribution in [0.3, 0.4) is 0 Å². The van der Waals surface area contributed by atoms with Crippen LogP contribution in [0.25, 0.3) is 0 Å². The molecule has 1 heterocycles. The number of ether oxygens (including phenoxy) is 1. The molecule has 0 spiro atoms. The van der Waals surface area contributed by atoms with Crippen molar-refractivity contribution in [2.45, 2.75) is 13.3 Å². The number of carbonyl (C=O) groups is 1. The van der Waals surface area contributed by atoms with E-state index in [1.165, 1.54) is 6.92 Å². The summed E-state index contributed by atoms with van der Waals surface area (Å²) in [4.78, 5) is 14.2. The number of aromatic nitrogens is 1. The Hall–Kier alpha value is -1.59. The third-order valence-electron chi connectivity index (χ3n) is 1.90. The van der Waals surface area contributed by atoms with E-state index in [0.29, 0.717) is 0 Å². The topological polar surface area (TPSA) is 39.2 Å². The summed E-state index contributed by atoms with van der Waals surface area (Å²) < 4.78 is 42.0. The number of hydrogen-bond acceptors (Lipinski definition) is 3. The summed E-state index contributed by atoms with van der Waals surface area (Å²) in [5, 5.41) is 0. The molecule has 0 atom stereocenters. The molecule has 0 unspecified atom stereocenters. The van der Waals surface area contributed by atoms with Gasteiger partial charge in [0.1, 0.15) is 5.69 Å². The molecular formula is C9H8F3NO2. The Balaban J connectivity index is 3.27. The normalized spacial score (nSPS) is 10.5. The lowest BCUT2D eigenvalue weighted by Crippen LogP contribution is -2.09.